The van der Waals surface area contributed by atoms with Crippen LogP contribution in [0.3, 0.4) is 0 Å². The average Bonchev–Trinajstić information content (AvgIpc) is 3.33. The number of para-hydroxylation sites is 1. The second-order valence-corrected chi connectivity index (χ2v) is 14.9. The van der Waals surface area contributed by atoms with Gasteiger partial charge >= 0.3 is 0 Å². The Bertz CT molecular complexity index is 2960. The van der Waals surface area contributed by atoms with Crippen molar-refractivity contribution >= 4 is 27.8 Å². The average molecular weight is 752 g/mol. The van der Waals surface area contributed by atoms with E-state index in [0.717, 1.165) is 22.6 Å². The minimum atomic E-state index is 1.10. The molecule has 0 saturated heterocycles. The van der Waals surface area contributed by atoms with E-state index in [9.17, 15) is 0 Å². The molecule has 10 aromatic carbocycles. The molecule has 1 heteroatoms. The van der Waals surface area contributed by atoms with Crippen molar-refractivity contribution in [1.29, 1.82) is 0 Å². The maximum atomic E-state index is 2.41. The predicted octanol–water partition coefficient (Wildman–Crippen LogP) is 16.3. The maximum Gasteiger partial charge on any atom is 0.0462 e. The maximum absolute atomic E-state index is 2.41. The lowest BCUT2D eigenvalue weighted by atomic mass is 9.78. The molecular weight excluding hydrogens is 711 g/mol. The van der Waals surface area contributed by atoms with Crippen molar-refractivity contribution in [2.45, 2.75) is 0 Å². The summed E-state index contributed by atoms with van der Waals surface area (Å²) in [4.78, 5) is 2.33. The van der Waals surface area contributed by atoms with E-state index in [1.165, 1.54) is 72.0 Å². The van der Waals surface area contributed by atoms with Gasteiger partial charge in [-0.25, -0.2) is 0 Å². The molecule has 0 fully saturated rings. The van der Waals surface area contributed by atoms with Gasteiger partial charge in [0.15, 0.2) is 0 Å². The minimum absolute atomic E-state index is 1.10. The number of fused-ring (bicyclic) bond motifs is 1. The Balaban J connectivity index is 1.16. The van der Waals surface area contributed by atoms with E-state index in [0.29, 0.717) is 0 Å². The summed E-state index contributed by atoms with van der Waals surface area (Å²) in [6.45, 7) is 0. The Morgan fingerprint density at radius 1 is 0.186 bits per heavy atom. The molecule has 0 aromatic heterocycles. The second kappa shape index (κ2) is 16.0. The summed E-state index contributed by atoms with van der Waals surface area (Å²) in [5, 5.41) is 2.45. The molecular formula is C58H41N. The number of hydrogen-bond acceptors (Lipinski definition) is 1. The van der Waals surface area contributed by atoms with E-state index >= 15 is 0 Å². The summed E-state index contributed by atoms with van der Waals surface area (Å²) in [5.41, 5.74) is 17.8. The Hall–Kier alpha value is -7.74. The summed E-state index contributed by atoms with van der Waals surface area (Å²) in [5.74, 6) is 0. The number of hydrogen-bond donors (Lipinski definition) is 0. The van der Waals surface area contributed by atoms with Crippen molar-refractivity contribution < 1.29 is 0 Å². The van der Waals surface area contributed by atoms with Crippen molar-refractivity contribution in [3.8, 4) is 66.8 Å². The van der Waals surface area contributed by atoms with E-state index in [1.54, 1.807) is 0 Å². The van der Waals surface area contributed by atoms with Gasteiger partial charge in [0.1, 0.15) is 0 Å². The fourth-order valence-corrected chi connectivity index (χ4v) is 8.53. The van der Waals surface area contributed by atoms with Gasteiger partial charge in [0.2, 0.25) is 0 Å². The topological polar surface area (TPSA) is 3.24 Å². The van der Waals surface area contributed by atoms with Gasteiger partial charge in [0, 0.05) is 17.1 Å². The Labute approximate surface area is 346 Å². The largest absolute Gasteiger partial charge is 0.311 e. The molecule has 0 aliphatic carbocycles. The molecule has 0 spiro atoms. The van der Waals surface area contributed by atoms with Gasteiger partial charge < -0.3 is 4.90 Å². The van der Waals surface area contributed by atoms with Gasteiger partial charge in [0.05, 0.1) is 0 Å². The first-order valence-electron chi connectivity index (χ1n) is 20.3. The zero-order chi connectivity index (χ0) is 39.4. The summed E-state index contributed by atoms with van der Waals surface area (Å²) in [6, 6.07) is 89.8. The van der Waals surface area contributed by atoms with E-state index in [-0.39, 0.29) is 0 Å². The van der Waals surface area contributed by atoms with Crippen LogP contribution in [0.2, 0.25) is 0 Å². The molecule has 59 heavy (non-hydrogen) atoms. The second-order valence-electron chi connectivity index (χ2n) is 14.9. The Kier molecular flexibility index (Phi) is 9.68. The van der Waals surface area contributed by atoms with Gasteiger partial charge in [-0.1, -0.05) is 206 Å². The summed E-state index contributed by atoms with van der Waals surface area (Å²) < 4.78 is 0. The van der Waals surface area contributed by atoms with Gasteiger partial charge in [-0.2, -0.15) is 0 Å². The quantitative estimate of drug-likeness (QED) is 0.142. The SMILES string of the molecule is c1ccc(-c2ccc(N(c3ccccc3)c3ccc(-c4ccc5c(-c6ccccc6)c(-c6ccccc6)c(-c6ccccc6)c(-c6ccccc6)c5c4)cc3)cc2)cc1. The van der Waals surface area contributed by atoms with Crippen LogP contribution in [0.5, 0.6) is 0 Å². The van der Waals surface area contributed by atoms with Gasteiger partial charge in [-0.05, 0) is 120 Å². The van der Waals surface area contributed by atoms with Crippen LogP contribution in [-0.2, 0) is 0 Å². The zero-order valence-electron chi connectivity index (χ0n) is 32.6. The van der Waals surface area contributed by atoms with Crippen LogP contribution in [0.4, 0.5) is 17.1 Å². The predicted molar refractivity (Wildman–Crippen MR) is 251 cm³/mol. The van der Waals surface area contributed by atoms with Crippen LogP contribution in [0, 0.1) is 0 Å². The van der Waals surface area contributed by atoms with E-state index in [4.69, 9.17) is 0 Å². The molecule has 0 unspecified atom stereocenters. The van der Waals surface area contributed by atoms with E-state index < -0.39 is 0 Å². The number of nitrogens with zero attached hydrogens (tertiary/aromatic N) is 1. The van der Waals surface area contributed by atoms with Crippen molar-refractivity contribution in [2.75, 3.05) is 4.90 Å². The van der Waals surface area contributed by atoms with Gasteiger partial charge in [0.25, 0.3) is 0 Å². The highest BCUT2D eigenvalue weighted by atomic mass is 15.1. The van der Waals surface area contributed by atoms with Gasteiger partial charge in [-0.3, -0.25) is 0 Å². The standard InChI is InChI=1S/C58H41N/c1-7-19-42(20-8-1)43-31-36-51(37-32-43)59(50-29-17-6-18-30-50)52-38-33-44(34-39-52)49-35-40-53-54(41-49)56(46-23-11-3-12-24-46)58(48-27-15-5-16-28-48)57(47-25-13-4-14-26-47)55(53)45-21-9-2-10-22-45/h1-41H. The first-order valence-corrected chi connectivity index (χ1v) is 20.3. The zero-order valence-corrected chi connectivity index (χ0v) is 32.6. The van der Waals surface area contributed by atoms with E-state index in [2.05, 4.69) is 254 Å². The lowest BCUT2D eigenvalue weighted by Crippen LogP contribution is -2.09. The molecule has 278 valence electrons. The normalized spacial score (nSPS) is 11.1. The summed E-state index contributed by atoms with van der Waals surface area (Å²) >= 11 is 0. The molecule has 0 aliphatic rings. The number of anilines is 3. The monoisotopic (exact) mass is 751 g/mol. The lowest BCUT2D eigenvalue weighted by molar-refractivity contribution is 1.28. The highest BCUT2D eigenvalue weighted by molar-refractivity contribution is 6.18. The summed E-state index contributed by atoms with van der Waals surface area (Å²) in [7, 11) is 0. The first kappa shape index (κ1) is 35.7. The molecule has 0 radical (unpaired) electrons. The lowest BCUT2D eigenvalue weighted by Gasteiger charge is -2.26. The third-order valence-corrected chi connectivity index (χ3v) is 11.3. The van der Waals surface area contributed by atoms with Crippen LogP contribution in [-0.4, -0.2) is 0 Å². The highest BCUT2D eigenvalue weighted by Crippen LogP contribution is 2.51. The van der Waals surface area contributed by atoms with Crippen molar-refractivity contribution in [2.24, 2.45) is 0 Å². The Morgan fingerprint density at radius 3 is 0.898 bits per heavy atom. The number of rotatable bonds is 9. The first-order chi connectivity index (χ1) is 29.3. The minimum Gasteiger partial charge on any atom is -0.311 e. The third kappa shape index (κ3) is 7.01. The van der Waals surface area contributed by atoms with Crippen LogP contribution < -0.4 is 4.90 Å². The molecule has 0 N–H and O–H groups in total. The fourth-order valence-electron chi connectivity index (χ4n) is 8.53. The van der Waals surface area contributed by atoms with Crippen molar-refractivity contribution in [1.82, 2.24) is 0 Å². The molecule has 0 atom stereocenters. The molecule has 0 bridgehead atoms. The molecule has 0 heterocycles. The fraction of sp³-hybridized carbons (Fsp3) is 0. The molecule has 0 saturated carbocycles. The molecule has 10 aromatic rings. The summed E-state index contributed by atoms with van der Waals surface area (Å²) in [6.07, 6.45) is 0. The highest BCUT2D eigenvalue weighted by Gasteiger charge is 2.24. The van der Waals surface area contributed by atoms with Crippen LogP contribution in [0.15, 0.2) is 249 Å². The van der Waals surface area contributed by atoms with E-state index in [1.807, 2.05) is 0 Å². The number of benzene rings is 10. The molecule has 10 rings (SSSR count). The van der Waals surface area contributed by atoms with Crippen LogP contribution in [0.25, 0.3) is 77.5 Å². The molecule has 1 nitrogen and oxygen atoms in total. The molecule has 0 amide bonds. The van der Waals surface area contributed by atoms with Crippen LogP contribution in [0.1, 0.15) is 0 Å². The molecule has 0 aliphatic heterocycles. The van der Waals surface area contributed by atoms with Gasteiger partial charge in [-0.15, -0.1) is 0 Å². The van der Waals surface area contributed by atoms with Crippen LogP contribution >= 0.6 is 0 Å². The Morgan fingerprint density at radius 2 is 0.475 bits per heavy atom. The smallest absolute Gasteiger partial charge is 0.0462 e. The van der Waals surface area contributed by atoms with Crippen molar-refractivity contribution in [3.05, 3.63) is 249 Å². The van der Waals surface area contributed by atoms with Crippen molar-refractivity contribution in [3.63, 3.8) is 0 Å². The third-order valence-electron chi connectivity index (χ3n) is 11.3.